The van der Waals surface area contributed by atoms with Crippen molar-refractivity contribution in [1.82, 2.24) is 30.0 Å². The lowest BCUT2D eigenvalue weighted by molar-refractivity contribution is -0.142. The molecule has 4 amide bonds. The molecule has 15 nitrogen and oxygen atoms in total. The molecule has 0 spiro atoms. The molecule has 1 saturated heterocycles. The van der Waals surface area contributed by atoms with Crippen molar-refractivity contribution in [2.24, 2.45) is 17.8 Å². The average molecular weight is 727 g/mol. The molecular weight excluding hydrogens is 680 g/mol. The summed E-state index contributed by atoms with van der Waals surface area (Å²) in [5.74, 6) is -2.80. The molecule has 16 heteroatoms. The van der Waals surface area contributed by atoms with E-state index in [2.05, 4.69) is 20.5 Å². The third-order valence-electron chi connectivity index (χ3n) is 10.5. The van der Waals surface area contributed by atoms with Gasteiger partial charge in [0.05, 0.1) is 28.6 Å². The number of nitrogens with zero attached hydrogens (tertiary/aromatic N) is 3. The second-order valence-electron chi connectivity index (χ2n) is 14.9. The predicted molar refractivity (Wildman–Crippen MR) is 186 cm³/mol. The molecule has 1 aromatic heterocycles. The number of aromatic nitrogens is 2. The summed E-state index contributed by atoms with van der Waals surface area (Å²) < 4.78 is 35.5. The largest absolute Gasteiger partial charge is 0.471 e. The Hall–Kier alpha value is -4.47. The zero-order valence-electron chi connectivity index (χ0n) is 29.2. The molecular formula is C35H46N6O9S. The lowest BCUT2D eigenvalue weighted by atomic mass is 9.88. The fraction of sp³-hybridized carbons (Fsp3) is 0.600. The third kappa shape index (κ3) is 7.46. The van der Waals surface area contributed by atoms with Gasteiger partial charge in [-0.1, -0.05) is 38.1 Å². The molecule has 0 unspecified atom stereocenters. The van der Waals surface area contributed by atoms with Gasteiger partial charge in [-0.05, 0) is 76.3 Å². The number of nitrogens with one attached hydrogen (secondary N) is 3. The first-order chi connectivity index (χ1) is 24.1. The van der Waals surface area contributed by atoms with Crippen LogP contribution < -0.4 is 25.7 Å². The monoisotopic (exact) mass is 726 g/mol. The number of ether oxygens (including phenoxy) is 1. The second-order valence-corrected chi connectivity index (χ2v) is 16.8. The fourth-order valence-corrected chi connectivity index (χ4v) is 8.77. The maximum absolute atomic E-state index is 14.4. The van der Waals surface area contributed by atoms with Gasteiger partial charge >= 0.3 is 6.09 Å². The molecule has 4 N–H and O–H groups in total. The van der Waals surface area contributed by atoms with Crippen LogP contribution in [0.4, 0.5) is 4.79 Å². The van der Waals surface area contributed by atoms with E-state index in [1.807, 2.05) is 32.9 Å². The van der Waals surface area contributed by atoms with E-state index in [4.69, 9.17) is 4.74 Å². The lowest BCUT2D eigenvalue weighted by Gasteiger charge is -2.32. The number of carbonyl (C=O) groups excluding carboxylic acids is 3. The molecule has 276 valence electrons. The van der Waals surface area contributed by atoms with E-state index in [0.717, 1.165) is 6.42 Å². The van der Waals surface area contributed by atoms with E-state index in [0.29, 0.717) is 36.5 Å². The molecule has 1 aromatic carbocycles. The Labute approximate surface area is 296 Å². The quantitative estimate of drug-likeness (QED) is 0.307. The van der Waals surface area contributed by atoms with Crippen LogP contribution in [0, 0.1) is 17.8 Å². The molecule has 3 heterocycles. The van der Waals surface area contributed by atoms with Crippen molar-refractivity contribution in [3.05, 3.63) is 46.8 Å². The van der Waals surface area contributed by atoms with Crippen LogP contribution in [0.5, 0.6) is 5.88 Å². The minimum Gasteiger partial charge on any atom is -0.471 e. The summed E-state index contributed by atoms with van der Waals surface area (Å²) in [6, 6.07) is 4.15. The van der Waals surface area contributed by atoms with Gasteiger partial charge in [0.1, 0.15) is 23.7 Å². The Morgan fingerprint density at radius 1 is 1.08 bits per heavy atom. The number of sulfonamides is 1. The number of amides is 4. The molecule has 0 bridgehead atoms. The van der Waals surface area contributed by atoms with Crippen LogP contribution in [0.25, 0.3) is 10.8 Å². The summed E-state index contributed by atoms with van der Waals surface area (Å²) in [7, 11) is -3.92. The van der Waals surface area contributed by atoms with Crippen LogP contribution >= 0.6 is 0 Å². The molecule has 4 aliphatic rings. The van der Waals surface area contributed by atoms with E-state index in [1.165, 1.54) is 9.58 Å². The zero-order valence-corrected chi connectivity index (χ0v) is 30.0. The lowest BCUT2D eigenvalue weighted by Crippen LogP contribution is -2.59. The van der Waals surface area contributed by atoms with Gasteiger partial charge in [-0.3, -0.25) is 23.9 Å². The Morgan fingerprint density at radius 3 is 2.45 bits per heavy atom. The van der Waals surface area contributed by atoms with Gasteiger partial charge in [-0.25, -0.2) is 17.9 Å². The first kappa shape index (κ1) is 36.3. The Morgan fingerprint density at radius 2 is 1.78 bits per heavy atom. The van der Waals surface area contributed by atoms with Crippen LogP contribution in [0.1, 0.15) is 78.7 Å². The van der Waals surface area contributed by atoms with Crippen LogP contribution in [0.2, 0.25) is 0 Å². The molecule has 6 rings (SSSR count). The highest BCUT2D eigenvalue weighted by molar-refractivity contribution is 7.91. The summed E-state index contributed by atoms with van der Waals surface area (Å²) in [5.41, 5.74) is -1.85. The molecule has 0 radical (unpaired) electrons. The minimum atomic E-state index is -3.92. The van der Waals surface area contributed by atoms with Crippen LogP contribution in [-0.4, -0.2) is 87.5 Å². The fourth-order valence-electron chi connectivity index (χ4n) is 7.40. The van der Waals surface area contributed by atoms with Crippen molar-refractivity contribution < 1.29 is 37.4 Å². The number of allylic oxidation sites excluding steroid dienone is 1. The molecule has 2 aliphatic heterocycles. The van der Waals surface area contributed by atoms with Crippen LogP contribution in [0.15, 0.2) is 41.2 Å². The van der Waals surface area contributed by atoms with Crippen LogP contribution in [-0.2, 0) is 24.4 Å². The van der Waals surface area contributed by atoms with Crippen molar-refractivity contribution in [2.75, 3.05) is 6.54 Å². The van der Waals surface area contributed by atoms with Gasteiger partial charge in [0.15, 0.2) is 0 Å². The van der Waals surface area contributed by atoms with E-state index < -0.39 is 74.7 Å². The molecule has 51 heavy (non-hydrogen) atoms. The van der Waals surface area contributed by atoms with Gasteiger partial charge in [0.2, 0.25) is 27.7 Å². The Bertz CT molecular complexity index is 1930. The first-order valence-electron chi connectivity index (χ1n) is 17.6. The number of hydrogen-bond donors (Lipinski definition) is 4. The minimum absolute atomic E-state index is 0.0441. The van der Waals surface area contributed by atoms with Gasteiger partial charge < -0.3 is 25.4 Å². The second kappa shape index (κ2) is 13.9. The zero-order chi connectivity index (χ0) is 36.8. The number of fused-ring (bicyclic) bond motifs is 3. The van der Waals surface area contributed by atoms with E-state index >= 15 is 0 Å². The smallest absolute Gasteiger partial charge is 0.405 e. The SMILES string of the molecule is CC(C)n1nc(O[C@@H]2C[C@H]3C(=O)N[C@]4(C(=O)NS(=O)(=O)C5CC5)C[C@H]4/C=C\CC[C@H](C)C[C@@H](C)[C@H](NC(=O)O)C(=O)N3C2)c2ccccc2c1=O. The summed E-state index contributed by atoms with van der Waals surface area (Å²) in [6.45, 7) is 7.31. The molecule has 7 atom stereocenters. The molecule has 3 fully saturated rings. The standard InChI is InChI=1S/C35H46N6O9S/c1-19(2)41-31(43)26-12-8-7-11-25(26)30(38-41)50-23-16-27-29(42)37-35(33(45)39-51(48,49)24-13-14-24)17-22(35)10-6-5-9-20(3)15-21(4)28(36-34(46)47)32(44)40(27)18-23/h6-8,10-12,19-24,27-28,36H,5,9,13-18H2,1-4H3,(H,37,42)(H,39,45)(H,46,47)/b10-6-/t20-,21+,22+,23+,27-,28-,35+/m0/s1. The van der Waals surface area contributed by atoms with Crippen molar-refractivity contribution in [1.29, 1.82) is 0 Å². The van der Waals surface area contributed by atoms with Crippen molar-refractivity contribution in [3.8, 4) is 5.88 Å². The number of hydrogen-bond acceptors (Lipinski definition) is 9. The Balaban J connectivity index is 1.36. The summed E-state index contributed by atoms with van der Waals surface area (Å²) in [6.07, 6.45) is 4.47. The molecule has 2 saturated carbocycles. The normalized spacial score (nSPS) is 30.7. The molecule has 2 aromatic rings. The average Bonchev–Trinajstić information content (AvgIpc) is 3.99. The van der Waals surface area contributed by atoms with Gasteiger partial charge in [0, 0.05) is 12.3 Å². The summed E-state index contributed by atoms with van der Waals surface area (Å²) in [4.78, 5) is 68.7. The Kier molecular flexibility index (Phi) is 9.92. The highest BCUT2D eigenvalue weighted by atomic mass is 32.2. The highest BCUT2D eigenvalue weighted by Gasteiger charge is 2.62. The van der Waals surface area contributed by atoms with E-state index in [1.54, 1.807) is 31.2 Å². The van der Waals surface area contributed by atoms with Crippen LogP contribution in [0.3, 0.4) is 0 Å². The van der Waals surface area contributed by atoms with Crippen molar-refractivity contribution in [3.63, 3.8) is 0 Å². The van der Waals surface area contributed by atoms with Crippen molar-refractivity contribution >= 4 is 44.6 Å². The summed E-state index contributed by atoms with van der Waals surface area (Å²) >= 11 is 0. The predicted octanol–water partition coefficient (Wildman–Crippen LogP) is 2.46. The maximum Gasteiger partial charge on any atom is 0.405 e. The highest BCUT2D eigenvalue weighted by Crippen LogP contribution is 2.46. The third-order valence-corrected chi connectivity index (χ3v) is 12.3. The number of benzene rings is 1. The molecule has 2 aliphatic carbocycles. The van der Waals surface area contributed by atoms with E-state index in [-0.39, 0.29) is 42.8 Å². The topological polar surface area (TPSA) is 206 Å². The van der Waals surface area contributed by atoms with Crippen molar-refractivity contribution in [2.45, 2.75) is 108 Å². The number of carbonyl (C=O) groups is 4. The van der Waals surface area contributed by atoms with Gasteiger partial charge in [0.25, 0.3) is 11.5 Å². The summed E-state index contributed by atoms with van der Waals surface area (Å²) in [5, 5.41) is 19.6. The first-order valence-corrected chi connectivity index (χ1v) is 19.2. The number of carboxylic acid groups (broad SMARTS) is 1. The van der Waals surface area contributed by atoms with Gasteiger partial charge in [-0.2, -0.15) is 0 Å². The maximum atomic E-state index is 14.4. The van der Waals surface area contributed by atoms with Gasteiger partial charge in [-0.15, -0.1) is 5.10 Å². The number of rotatable bonds is 7. The van der Waals surface area contributed by atoms with E-state index in [9.17, 15) is 37.5 Å².